The zero-order valence-electron chi connectivity index (χ0n) is 17.1. The molecule has 0 radical (unpaired) electrons. The first-order chi connectivity index (χ1) is 12.5. The third kappa shape index (κ3) is 7.78. The fourth-order valence-corrected chi connectivity index (χ4v) is 2.84. The monoisotopic (exact) mass is 484 g/mol. The SMILES string of the molecule is CN=C(NCCCn1nc(C)cc1C)NCCc1ccc(N(C)C)cc1.I. The van der Waals surface area contributed by atoms with Crippen LogP contribution in [0.1, 0.15) is 23.4 Å². The third-order valence-corrected chi connectivity index (χ3v) is 4.32. The minimum atomic E-state index is 0. The number of aromatic nitrogens is 2. The summed E-state index contributed by atoms with van der Waals surface area (Å²) in [5, 5.41) is 11.2. The standard InChI is InChI=1S/C20H32N6.HI/c1-16-15-17(2)26(24-16)14-6-12-22-20(21-3)23-13-11-18-7-9-19(10-8-18)25(4)5;/h7-10,15H,6,11-14H2,1-5H3,(H2,21,22,23);1H. The zero-order chi connectivity index (χ0) is 18.9. The molecule has 150 valence electrons. The molecule has 1 aromatic carbocycles. The van der Waals surface area contributed by atoms with Crippen molar-refractivity contribution in [2.75, 3.05) is 39.1 Å². The maximum atomic E-state index is 4.49. The molecule has 0 aliphatic carbocycles. The van der Waals surface area contributed by atoms with Crippen LogP contribution in [0.25, 0.3) is 0 Å². The molecule has 7 heteroatoms. The predicted octanol–water partition coefficient (Wildman–Crippen LogP) is 2.98. The van der Waals surface area contributed by atoms with E-state index >= 15 is 0 Å². The summed E-state index contributed by atoms with van der Waals surface area (Å²) in [6.07, 6.45) is 1.98. The van der Waals surface area contributed by atoms with Crippen molar-refractivity contribution >= 4 is 35.6 Å². The van der Waals surface area contributed by atoms with Crippen molar-refractivity contribution in [1.82, 2.24) is 20.4 Å². The summed E-state index contributed by atoms with van der Waals surface area (Å²) in [7, 11) is 5.92. The van der Waals surface area contributed by atoms with E-state index in [0.29, 0.717) is 0 Å². The van der Waals surface area contributed by atoms with Crippen LogP contribution in [0.4, 0.5) is 5.69 Å². The van der Waals surface area contributed by atoms with Gasteiger partial charge in [0.05, 0.1) is 5.69 Å². The average molecular weight is 484 g/mol. The zero-order valence-corrected chi connectivity index (χ0v) is 19.4. The Morgan fingerprint density at radius 2 is 1.78 bits per heavy atom. The maximum absolute atomic E-state index is 4.49. The van der Waals surface area contributed by atoms with Gasteiger partial charge >= 0.3 is 0 Å². The van der Waals surface area contributed by atoms with Crippen molar-refractivity contribution in [3.63, 3.8) is 0 Å². The Hall–Kier alpha value is -1.77. The number of hydrogen-bond acceptors (Lipinski definition) is 3. The highest BCUT2D eigenvalue weighted by molar-refractivity contribution is 14.0. The van der Waals surface area contributed by atoms with Gasteiger partial charge in [-0.25, -0.2) is 0 Å². The Morgan fingerprint density at radius 1 is 1.11 bits per heavy atom. The van der Waals surface area contributed by atoms with Crippen LogP contribution in [0, 0.1) is 13.8 Å². The Kier molecular flexibility index (Phi) is 10.2. The summed E-state index contributed by atoms with van der Waals surface area (Å²) in [6, 6.07) is 10.8. The van der Waals surface area contributed by atoms with Crippen LogP contribution in [0.5, 0.6) is 0 Å². The summed E-state index contributed by atoms with van der Waals surface area (Å²) in [5.74, 6) is 0.850. The Balaban J connectivity index is 0.00000364. The molecule has 0 aliphatic rings. The lowest BCUT2D eigenvalue weighted by Crippen LogP contribution is -2.39. The highest BCUT2D eigenvalue weighted by Gasteiger charge is 2.02. The molecule has 2 N–H and O–H groups in total. The van der Waals surface area contributed by atoms with Gasteiger partial charge in [-0.2, -0.15) is 5.10 Å². The average Bonchev–Trinajstić information content (AvgIpc) is 2.94. The van der Waals surface area contributed by atoms with Crippen molar-refractivity contribution in [2.24, 2.45) is 4.99 Å². The summed E-state index contributed by atoms with van der Waals surface area (Å²) in [5.41, 5.74) is 4.83. The number of aryl methyl sites for hydroxylation is 3. The van der Waals surface area contributed by atoms with Gasteiger partial charge in [0, 0.05) is 52.2 Å². The first kappa shape index (κ1) is 23.3. The number of rotatable bonds is 8. The molecular weight excluding hydrogens is 451 g/mol. The van der Waals surface area contributed by atoms with E-state index in [-0.39, 0.29) is 24.0 Å². The first-order valence-corrected chi connectivity index (χ1v) is 9.21. The minimum Gasteiger partial charge on any atom is -0.378 e. The van der Waals surface area contributed by atoms with Gasteiger partial charge in [-0.15, -0.1) is 24.0 Å². The minimum absolute atomic E-state index is 0. The number of guanidine groups is 1. The lowest BCUT2D eigenvalue weighted by Gasteiger charge is -2.14. The molecule has 0 atom stereocenters. The molecule has 2 rings (SSSR count). The first-order valence-electron chi connectivity index (χ1n) is 9.21. The Morgan fingerprint density at radius 3 is 2.33 bits per heavy atom. The van der Waals surface area contributed by atoms with Crippen molar-refractivity contribution in [3.05, 3.63) is 47.3 Å². The van der Waals surface area contributed by atoms with Crippen molar-refractivity contribution < 1.29 is 0 Å². The molecular formula is C20H33IN6. The molecule has 1 heterocycles. The molecule has 0 unspecified atom stereocenters. The molecule has 2 aromatic rings. The molecule has 6 nitrogen and oxygen atoms in total. The summed E-state index contributed by atoms with van der Waals surface area (Å²) in [6.45, 7) is 6.77. The number of halogens is 1. The van der Waals surface area contributed by atoms with Crippen molar-refractivity contribution in [2.45, 2.75) is 33.2 Å². The molecule has 0 fully saturated rings. The molecule has 0 amide bonds. The molecule has 0 spiro atoms. The van der Waals surface area contributed by atoms with E-state index in [2.05, 4.69) is 81.7 Å². The quantitative estimate of drug-likeness (QED) is 0.262. The predicted molar refractivity (Wildman–Crippen MR) is 126 cm³/mol. The highest BCUT2D eigenvalue weighted by atomic mass is 127. The smallest absolute Gasteiger partial charge is 0.190 e. The van der Waals surface area contributed by atoms with Crippen LogP contribution in [0.15, 0.2) is 35.3 Å². The van der Waals surface area contributed by atoms with Gasteiger partial charge in [-0.1, -0.05) is 12.1 Å². The molecule has 1 aromatic heterocycles. The van der Waals surface area contributed by atoms with Gasteiger partial charge < -0.3 is 15.5 Å². The second kappa shape index (κ2) is 11.8. The lowest BCUT2D eigenvalue weighted by atomic mass is 10.1. The molecule has 0 saturated heterocycles. The molecule has 27 heavy (non-hydrogen) atoms. The lowest BCUT2D eigenvalue weighted by molar-refractivity contribution is 0.555. The number of anilines is 1. The van der Waals surface area contributed by atoms with E-state index in [1.165, 1.54) is 16.9 Å². The topological polar surface area (TPSA) is 57.5 Å². The Bertz CT molecular complexity index is 706. The fraction of sp³-hybridized carbons (Fsp3) is 0.500. The van der Waals surface area contributed by atoms with E-state index in [0.717, 1.165) is 44.1 Å². The van der Waals surface area contributed by atoms with Crippen LogP contribution in [0.2, 0.25) is 0 Å². The largest absolute Gasteiger partial charge is 0.378 e. The summed E-state index contributed by atoms with van der Waals surface area (Å²) < 4.78 is 2.06. The van der Waals surface area contributed by atoms with E-state index < -0.39 is 0 Å². The number of nitrogens with zero attached hydrogens (tertiary/aromatic N) is 4. The van der Waals surface area contributed by atoms with Crippen LogP contribution in [-0.4, -0.2) is 50.0 Å². The highest BCUT2D eigenvalue weighted by Crippen LogP contribution is 2.12. The van der Waals surface area contributed by atoms with Crippen LogP contribution < -0.4 is 15.5 Å². The van der Waals surface area contributed by atoms with E-state index in [4.69, 9.17) is 0 Å². The molecule has 0 aliphatic heterocycles. The van der Waals surface area contributed by atoms with Crippen molar-refractivity contribution in [3.8, 4) is 0 Å². The number of hydrogen-bond donors (Lipinski definition) is 2. The number of benzene rings is 1. The van der Waals surface area contributed by atoms with E-state index in [1.54, 1.807) is 0 Å². The summed E-state index contributed by atoms with van der Waals surface area (Å²) >= 11 is 0. The summed E-state index contributed by atoms with van der Waals surface area (Å²) in [4.78, 5) is 6.40. The second-order valence-electron chi connectivity index (χ2n) is 6.74. The normalized spacial score (nSPS) is 11.1. The third-order valence-electron chi connectivity index (χ3n) is 4.32. The molecule has 0 bridgehead atoms. The van der Waals surface area contributed by atoms with E-state index in [9.17, 15) is 0 Å². The van der Waals surface area contributed by atoms with Gasteiger partial charge in [0.15, 0.2) is 5.96 Å². The van der Waals surface area contributed by atoms with Crippen LogP contribution in [-0.2, 0) is 13.0 Å². The van der Waals surface area contributed by atoms with Gasteiger partial charge in [0.25, 0.3) is 0 Å². The second-order valence-corrected chi connectivity index (χ2v) is 6.74. The number of nitrogens with one attached hydrogen (secondary N) is 2. The molecule has 0 saturated carbocycles. The van der Waals surface area contributed by atoms with Gasteiger partial charge in [-0.05, 0) is 50.5 Å². The van der Waals surface area contributed by atoms with Gasteiger partial charge in [0.1, 0.15) is 0 Å². The maximum Gasteiger partial charge on any atom is 0.190 e. The van der Waals surface area contributed by atoms with Gasteiger partial charge in [0.2, 0.25) is 0 Å². The van der Waals surface area contributed by atoms with Crippen LogP contribution >= 0.6 is 24.0 Å². The Labute approximate surface area is 180 Å². The van der Waals surface area contributed by atoms with Gasteiger partial charge in [-0.3, -0.25) is 9.67 Å². The van der Waals surface area contributed by atoms with Crippen molar-refractivity contribution in [1.29, 1.82) is 0 Å². The fourth-order valence-electron chi connectivity index (χ4n) is 2.84. The van der Waals surface area contributed by atoms with E-state index in [1.807, 2.05) is 14.0 Å². The number of aliphatic imine (C=N–C) groups is 1. The van der Waals surface area contributed by atoms with Crippen LogP contribution in [0.3, 0.4) is 0 Å².